The lowest BCUT2D eigenvalue weighted by atomic mass is 10.2. The first-order valence-corrected chi connectivity index (χ1v) is 8.55. The number of anilines is 1. The van der Waals surface area contributed by atoms with Crippen LogP contribution < -0.4 is 9.64 Å². The van der Waals surface area contributed by atoms with Crippen molar-refractivity contribution >= 4 is 46.0 Å². The largest absolute Gasteiger partial charge is 0.497 e. The maximum Gasteiger partial charge on any atom is 0.270 e. The maximum absolute atomic E-state index is 12.6. The lowest BCUT2D eigenvalue weighted by Crippen LogP contribution is -2.27. The Hall–Kier alpha value is -2.37. The molecule has 0 unspecified atom stereocenters. The molecule has 24 heavy (non-hydrogen) atoms. The quantitative estimate of drug-likeness (QED) is 0.591. The zero-order chi connectivity index (χ0) is 16.9. The molecule has 0 bridgehead atoms. The van der Waals surface area contributed by atoms with E-state index in [0.717, 1.165) is 5.56 Å². The van der Waals surface area contributed by atoms with Gasteiger partial charge in [-0.1, -0.05) is 72.5 Å². The number of thioether (sulfide) groups is 1. The fourth-order valence-corrected chi connectivity index (χ4v) is 3.52. The standard InChI is InChI=1S/C19H15NO2S2/c1-22-16-11-6-10-15(13-16)20-18(21)17(24-19(20)23)12-5-9-14-7-3-2-4-8-14/h2-13H,1H3. The van der Waals surface area contributed by atoms with Gasteiger partial charge >= 0.3 is 0 Å². The van der Waals surface area contributed by atoms with Crippen molar-refractivity contribution in [3.63, 3.8) is 0 Å². The van der Waals surface area contributed by atoms with Crippen LogP contribution in [-0.2, 0) is 4.79 Å². The highest BCUT2D eigenvalue weighted by Gasteiger charge is 2.33. The number of carbonyl (C=O) groups excluding carboxylic acids is 1. The zero-order valence-corrected chi connectivity index (χ0v) is 14.6. The molecule has 1 saturated heterocycles. The Bertz CT molecular complexity index is 828. The number of rotatable bonds is 4. The minimum atomic E-state index is -0.115. The average Bonchev–Trinajstić information content (AvgIpc) is 2.90. The molecule has 0 aromatic heterocycles. The van der Waals surface area contributed by atoms with Crippen molar-refractivity contribution in [1.29, 1.82) is 0 Å². The van der Waals surface area contributed by atoms with Crippen LogP contribution >= 0.6 is 24.0 Å². The van der Waals surface area contributed by atoms with Crippen molar-refractivity contribution in [2.45, 2.75) is 0 Å². The van der Waals surface area contributed by atoms with E-state index >= 15 is 0 Å². The van der Waals surface area contributed by atoms with E-state index in [-0.39, 0.29) is 5.91 Å². The molecule has 1 heterocycles. The Morgan fingerprint density at radius 1 is 1.12 bits per heavy atom. The molecule has 1 aliphatic rings. The summed E-state index contributed by atoms with van der Waals surface area (Å²) in [7, 11) is 1.59. The van der Waals surface area contributed by atoms with Gasteiger partial charge in [-0.05, 0) is 23.8 Å². The highest BCUT2D eigenvalue weighted by atomic mass is 32.2. The molecule has 5 heteroatoms. The number of ether oxygens (including phenoxy) is 1. The van der Waals surface area contributed by atoms with E-state index in [1.807, 2.05) is 60.7 Å². The predicted molar refractivity (Wildman–Crippen MR) is 104 cm³/mol. The normalized spacial score (nSPS) is 16.4. The van der Waals surface area contributed by atoms with Crippen molar-refractivity contribution in [1.82, 2.24) is 0 Å². The van der Waals surface area contributed by atoms with Crippen molar-refractivity contribution in [3.8, 4) is 5.75 Å². The predicted octanol–water partition coefficient (Wildman–Crippen LogP) is 4.66. The zero-order valence-electron chi connectivity index (χ0n) is 13.0. The fourth-order valence-electron chi connectivity index (χ4n) is 2.26. The molecule has 0 radical (unpaired) electrons. The van der Waals surface area contributed by atoms with Crippen molar-refractivity contribution in [3.05, 3.63) is 77.2 Å². The van der Waals surface area contributed by atoms with E-state index < -0.39 is 0 Å². The van der Waals surface area contributed by atoms with Gasteiger partial charge in [0.25, 0.3) is 5.91 Å². The number of benzene rings is 2. The van der Waals surface area contributed by atoms with Gasteiger partial charge in [0.15, 0.2) is 4.32 Å². The first-order valence-electron chi connectivity index (χ1n) is 7.33. The van der Waals surface area contributed by atoms with Gasteiger partial charge in [-0.3, -0.25) is 9.69 Å². The van der Waals surface area contributed by atoms with Crippen LogP contribution in [0.2, 0.25) is 0 Å². The summed E-state index contributed by atoms with van der Waals surface area (Å²) in [5.41, 5.74) is 1.80. The molecule has 0 atom stereocenters. The van der Waals surface area contributed by atoms with Gasteiger partial charge in [-0.15, -0.1) is 0 Å². The smallest absolute Gasteiger partial charge is 0.270 e. The van der Waals surface area contributed by atoms with Crippen molar-refractivity contribution in [2.24, 2.45) is 0 Å². The summed E-state index contributed by atoms with van der Waals surface area (Å²) in [5.74, 6) is 0.575. The first kappa shape index (κ1) is 16.5. The second-order valence-electron chi connectivity index (χ2n) is 5.01. The molecule has 0 spiro atoms. The van der Waals surface area contributed by atoms with Crippen LogP contribution in [0.4, 0.5) is 5.69 Å². The van der Waals surface area contributed by atoms with Crippen LogP contribution in [0.1, 0.15) is 5.56 Å². The van der Waals surface area contributed by atoms with Crippen LogP contribution in [0.25, 0.3) is 6.08 Å². The lowest BCUT2D eigenvalue weighted by Gasteiger charge is -2.15. The number of nitrogens with zero attached hydrogens (tertiary/aromatic N) is 1. The third-order valence-electron chi connectivity index (χ3n) is 3.44. The van der Waals surface area contributed by atoms with E-state index in [0.29, 0.717) is 20.7 Å². The molecule has 0 saturated carbocycles. The Morgan fingerprint density at radius 3 is 2.67 bits per heavy atom. The Labute approximate surface area is 150 Å². The minimum absolute atomic E-state index is 0.115. The number of thiocarbonyl (C=S) groups is 1. The summed E-state index contributed by atoms with van der Waals surface area (Å²) in [6, 6.07) is 17.2. The third kappa shape index (κ3) is 3.58. The molecule has 1 amide bonds. The molecule has 1 aliphatic heterocycles. The number of methoxy groups -OCH3 is 1. The summed E-state index contributed by atoms with van der Waals surface area (Å²) in [5, 5.41) is 0. The minimum Gasteiger partial charge on any atom is -0.497 e. The summed E-state index contributed by atoms with van der Waals surface area (Å²) < 4.78 is 5.73. The Morgan fingerprint density at radius 2 is 1.92 bits per heavy atom. The molecular weight excluding hydrogens is 338 g/mol. The molecule has 3 nitrogen and oxygen atoms in total. The molecule has 0 aliphatic carbocycles. The monoisotopic (exact) mass is 353 g/mol. The van der Waals surface area contributed by atoms with Crippen molar-refractivity contribution < 1.29 is 9.53 Å². The second-order valence-corrected chi connectivity index (χ2v) is 6.69. The lowest BCUT2D eigenvalue weighted by molar-refractivity contribution is -0.113. The molecule has 1 fully saturated rings. The van der Waals surface area contributed by atoms with Gasteiger partial charge in [0.2, 0.25) is 0 Å². The van der Waals surface area contributed by atoms with Gasteiger partial charge in [-0.2, -0.15) is 0 Å². The number of carbonyl (C=O) groups is 1. The summed E-state index contributed by atoms with van der Waals surface area (Å²) in [6.07, 6.45) is 5.62. The summed E-state index contributed by atoms with van der Waals surface area (Å²) >= 11 is 6.66. The topological polar surface area (TPSA) is 29.5 Å². The van der Waals surface area contributed by atoms with Gasteiger partial charge in [0.05, 0.1) is 17.7 Å². The van der Waals surface area contributed by atoms with Gasteiger partial charge in [0.1, 0.15) is 5.75 Å². The number of hydrogen-bond acceptors (Lipinski definition) is 4. The molecule has 0 N–H and O–H groups in total. The van der Waals surface area contributed by atoms with Crippen LogP contribution in [-0.4, -0.2) is 17.3 Å². The van der Waals surface area contributed by atoms with E-state index in [1.54, 1.807) is 19.3 Å². The average molecular weight is 353 g/mol. The van der Waals surface area contributed by atoms with Gasteiger partial charge in [-0.25, -0.2) is 0 Å². The first-order chi connectivity index (χ1) is 11.7. The third-order valence-corrected chi connectivity index (χ3v) is 4.76. The molecular formula is C19H15NO2S2. The number of amides is 1. The molecule has 3 rings (SSSR count). The van der Waals surface area contributed by atoms with Crippen LogP contribution in [0, 0.1) is 0 Å². The van der Waals surface area contributed by atoms with E-state index in [1.165, 1.54) is 16.7 Å². The number of allylic oxidation sites excluding steroid dienone is 2. The summed E-state index contributed by atoms with van der Waals surface area (Å²) in [4.78, 5) is 14.8. The van der Waals surface area contributed by atoms with E-state index in [4.69, 9.17) is 17.0 Å². The summed E-state index contributed by atoms with van der Waals surface area (Å²) in [6.45, 7) is 0. The number of hydrogen-bond donors (Lipinski definition) is 0. The van der Waals surface area contributed by atoms with Crippen LogP contribution in [0.15, 0.2) is 71.7 Å². The van der Waals surface area contributed by atoms with E-state index in [2.05, 4.69) is 0 Å². The highest BCUT2D eigenvalue weighted by molar-refractivity contribution is 8.27. The fraction of sp³-hybridized carbons (Fsp3) is 0.0526. The SMILES string of the molecule is COc1cccc(N2C(=O)C(=CC=Cc3ccccc3)SC2=S)c1. The van der Waals surface area contributed by atoms with Crippen LogP contribution in [0.3, 0.4) is 0 Å². The Balaban J connectivity index is 1.81. The van der Waals surface area contributed by atoms with Gasteiger partial charge < -0.3 is 4.74 Å². The molecule has 2 aromatic rings. The second kappa shape index (κ2) is 7.47. The van der Waals surface area contributed by atoms with Gasteiger partial charge in [0, 0.05) is 6.07 Å². The molecule has 2 aromatic carbocycles. The Kier molecular flexibility index (Phi) is 5.13. The molecule has 120 valence electrons. The van der Waals surface area contributed by atoms with Crippen LogP contribution in [0.5, 0.6) is 5.75 Å². The maximum atomic E-state index is 12.6. The van der Waals surface area contributed by atoms with E-state index in [9.17, 15) is 4.79 Å². The highest BCUT2D eigenvalue weighted by Crippen LogP contribution is 2.35. The van der Waals surface area contributed by atoms with Crippen molar-refractivity contribution in [2.75, 3.05) is 12.0 Å².